The van der Waals surface area contributed by atoms with Crippen molar-refractivity contribution < 1.29 is 0 Å². The van der Waals surface area contributed by atoms with Crippen LogP contribution in [0.25, 0.3) is 0 Å². The average molecular weight is 272 g/mol. The highest BCUT2D eigenvalue weighted by atomic mass is 35.5. The van der Waals surface area contributed by atoms with Crippen LogP contribution in [0, 0.1) is 0 Å². The fourth-order valence-electron chi connectivity index (χ4n) is 2.81. The summed E-state index contributed by atoms with van der Waals surface area (Å²) in [4.78, 5) is 0. The van der Waals surface area contributed by atoms with Gasteiger partial charge in [0.25, 0.3) is 0 Å². The Morgan fingerprint density at radius 2 is 2.11 bits per heavy atom. The van der Waals surface area contributed by atoms with Gasteiger partial charge in [-0.05, 0) is 47.2 Å². The number of fused-ring (bicyclic) bond motifs is 1. The molecule has 0 fully saturated rings. The topological polar surface area (TPSA) is 12.0 Å². The van der Waals surface area contributed by atoms with Crippen molar-refractivity contribution in [3.05, 3.63) is 69.7 Å². The van der Waals surface area contributed by atoms with E-state index in [2.05, 4.69) is 42.6 Å². The highest BCUT2D eigenvalue weighted by Gasteiger charge is 2.21. The number of benzene rings is 2. The normalized spacial score (nSPS) is 18.1. The van der Waals surface area contributed by atoms with Gasteiger partial charge in [-0.25, -0.2) is 0 Å². The molecule has 2 aromatic carbocycles. The third kappa shape index (κ3) is 2.54. The first-order valence-electron chi connectivity index (χ1n) is 6.88. The van der Waals surface area contributed by atoms with Gasteiger partial charge in [-0.3, -0.25) is 0 Å². The highest BCUT2D eigenvalue weighted by molar-refractivity contribution is 6.30. The molecule has 98 valence electrons. The zero-order valence-electron chi connectivity index (χ0n) is 11.1. The molecule has 0 spiro atoms. The Morgan fingerprint density at radius 3 is 2.89 bits per heavy atom. The van der Waals surface area contributed by atoms with Gasteiger partial charge in [0.15, 0.2) is 0 Å². The summed E-state index contributed by atoms with van der Waals surface area (Å²) in [5.74, 6) is 0. The molecule has 0 saturated carbocycles. The lowest BCUT2D eigenvalue weighted by Crippen LogP contribution is -2.30. The number of hydrogen-bond donors (Lipinski definition) is 1. The van der Waals surface area contributed by atoms with Crippen molar-refractivity contribution in [2.24, 2.45) is 0 Å². The lowest BCUT2D eigenvalue weighted by atomic mass is 9.88. The minimum absolute atomic E-state index is 0.272. The van der Waals surface area contributed by atoms with Crippen molar-refractivity contribution in [1.29, 1.82) is 0 Å². The first-order valence-corrected chi connectivity index (χ1v) is 7.26. The van der Waals surface area contributed by atoms with E-state index < -0.39 is 0 Å². The number of rotatable bonds is 2. The lowest BCUT2D eigenvalue weighted by Gasteiger charge is -2.28. The summed E-state index contributed by atoms with van der Waals surface area (Å²) in [5, 5.41) is 4.42. The summed E-state index contributed by atoms with van der Waals surface area (Å²) in [7, 11) is 0. The Bertz CT molecular complexity index is 592. The summed E-state index contributed by atoms with van der Waals surface area (Å²) < 4.78 is 0. The molecule has 0 aromatic heterocycles. The van der Waals surface area contributed by atoms with Crippen molar-refractivity contribution in [3.8, 4) is 0 Å². The van der Waals surface area contributed by atoms with E-state index in [0.717, 1.165) is 24.4 Å². The molecular weight excluding hydrogens is 254 g/mol. The summed E-state index contributed by atoms with van der Waals surface area (Å²) in [6.45, 7) is 3.22. The van der Waals surface area contributed by atoms with E-state index in [1.165, 1.54) is 22.3 Å². The zero-order chi connectivity index (χ0) is 13.2. The van der Waals surface area contributed by atoms with Gasteiger partial charge < -0.3 is 5.32 Å². The Labute approximate surface area is 119 Å². The number of nitrogens with one attached hydrogen (secondary N) is 1. The molecule has 2 heteroatoms. The molecule has 3 rings (SSSR count). The molecule has 1 aliphatic heterocycles. The van der Waals surface area contributed by atoms with Crippen LogP contribution in [-0.4, -0.2) is 6.54 Å². The van der Waals surface area contributed by atoms with Crippen molar-refractivity contribution in [3.63, 3.8) is 0 Å². The third-order valence-corrected chi connectivity index (χ3v) is 4.09. The molecule has 2 aromatic rings. The molecule has 0 radical (unpaired) electrons. The number of aryl methyl sites for hydroxylation is 1. The van der Waals surface area contributed by atoms with Crippen molar-refractivity contribution >= 4 is 11.6 Å². The zero-order valence-corrected chi connectivity index (χ0v) is 11.9. The smallest absolute Gasteiger partial charge is 0.0580 e. The molecule has 1 aliphatic rings. The predicted octanol–water partition coefficient (Wildman–Crippen LogP) is 4.14. The quantitative estimate of drug-likeness (QED) is 0.866. The Hall–Kier alpha value is -1.31. The van der Waals surface area contributed by atoms with Gasteiger partial charge in [0.2, 0.25) is 0 Å². The molecule has 0 aliphatic carbocycles. The van der Waals surface area contributed by atoms with Gasteiger partial charge in [-0.1, -0.05) is 48.9 Å². The summed E-state index contributed by atoms with van der Waals surface area (Å²) in [5.41, 5.74) is 5.52. The van der Waals surface area contributed by atoms with Crippen LogP contribution in [0.2, 0.25) is 5.02 Å². The van der Waals surface area contributed by atoms with Crippen LogP contribution in [0.5, 0.6) is 0 Å². The Morgan fingerprint density at radius 1 is 1.21 bits per heavy atom. The van der Waals surface area contributed by atoms with Crippen molar-refractivity contribution in [1.82, 2.24) is 5.32 Å². The minimum atomic E-state index is 0.272. The van der Waals surface area contributed by atoms with E-state index in [1.54, 1.807) is 0 Å². The van der Waals surface area contributed by atoms with Gasteiger partial charge in [0.1, 0.15) is 0 Å². The van der Waals surface area contributed by atoms with E-state index in [-0.39, 0.29) is 6.04 Å². The van der Waals surface area contributed by atoms with Gasteiger partial charge >= 0.3 is 0 Å². The molecular formula is C17H18ClN. The second-order valence-electron chi connectivity index (χ2n) is 5.08. The van der Waals surface area contributed by atoms with Gasteiger partial charge in [-0.2, -0.15) is 0 Å². The molecule has 1 N–H and O–H groups in total. The number of halogens is 1. The highest BCUT2D eigenvalue weighted by Crippen LogP contribution is 2.30. The standard InChI is InChI=1S/C17H18ClN/c1-2-12-6-7-13-8-9-19-17(16(13)10-12)14-4-3-5-15(18)11-14/h3-7,10-11,17,19H,2,8-9H2,1H3. The van der Waals surface area contributed by atoms with Crippen LogP contribution in [0.3, 0.4) is 0 Å². The molecule has 19 heavy (non-hydrogen) atoms. The van der Waals surface area contributed by atoms with Crippen LogP contribution < -0.4 is 5.32 Å². The first kappa shape index (κ1) is 12.7. The molecule has 1 nitrogen and oxygen atoms in total. The molecule has 1 atom stereocenters. The molecule has 1 unspecified atom stereocenters. The van der Waals surface area contributed by atoms with Gasteiger partial charge in [0, 0.05) is 11.6 Å². The predicted molar refractivity (Wildman–Crippen MR) is 80.8 cm³/mol. The van der Waals surface area contributed by atoms with Gasteiger partial charge in [-0.15, -0.1) is 0 Å². The maximum Gasteiger partial charge on any atom is 0.0580 e. The van der Waals surface area contributed by atoms with E-state index >= 15 is 0 Å². The van der Waals surface area contributed by atoms with E-state index in [0.29, 0.717) is 0 Å². The number of hydrogen-bond acceptors (Lipinski definition) is 1. The first-order chi connectivity index (χ1) is 9.28. The van der Waals surface area contributed by atoms with Crippen LogP contribution in [-0.2, 0) is 12.8 Å². The average Bonchev–Trinajstić information content (AvgIpc) is 2.46. The fourth-order valence-corrected chi connectivity index (χ4v) is 3.00. The fraction of sp³-hybridized carbons (Fsp3) is 0.294. The second-order valence-corrected chi connectivity index (χ2v) is 5.52. The summed E-state index contributed by atoms with van der Waals surface area (Å²) in [6.07, 6.45) is 2.19. The van der Waals surface area contributed by atoms with Crippen LogP contribution in [0.15, 0.2) is 42.5 Å². The SMILES string of the molecule is CCc1ccc2c(c1)C(c1cccc(Cl)c1)NCC2. The lowest BCUT2D eigenvalue weighted by molar-refractivity contribution is 0.567. The van der Waals surface area contributed by atoms with E-state index in [9.17, 15) is 0 Å². The van der Waals surface area contributed by atoms with Crippen molar-refractivity contribution in [2.45, 2.75) is 25.8 Å². The van der Waals surface area contributed by atoms with Crippen LogP contribution >= 0.6 is 11.6 Å². The largest absolute Gasteiger partial charge is 0.306 e. The van der Waals surface area contributed by atoms with E-state index in [1.807, 2.05) is 12.1 Å². The molecule has 0 saturated heterocycles. The molecule has 0 bridgehead atoms. The van der Waals surface area contributed by atoms with Crippen LogP contribution in [0.1, 0.15) is 35.2 Å². The minimum Gasteiger partial charge on any atom is -0.306 e. The molecule has 0 amide bonds. The maximum atomic E-state index is 6.12. The van der Waals surface area contributed by atoms with Crippen LogP contribution in [0.4, 0.5) is 0 Å². The van der Waals surface area contributed by atoms with E-state index in [4.69, 9.17) is 11.6 Å². The van der Waals surface area contributed by atoms with Crippen molar-refractivity contribution in [2.75, 3.05) is 6.54 Å². The monoisotopic (exact) mass is 271 g/mol. The Balaban J connectivity index is 2.06. The maximum absolute atomic E-state index is 6.12. The van der Waals surface area contributed by atoms with Gasteiger partial charge in [0.05, 0.1) is 6.04 Å². The summed E-state index contributed by atoms with van der Waals surface area (Å²) in [6, 6.07) is 15.3. The Kier molecular flexibility index (Phi) is 3.58. The third-order valence-electron chi connectivity index (χ3n) is 3.85. The summed E-state index contributed by atoms with van der Waals surface area (Å²) >= 11 is 6.12. The molecule has 1 heterocycles. The second kappa shape index (κ2) is 5.36.